The Balaban J connectivity index is 1.55. The monoisotopic (exact) mass is 343 g/mol. The van der Waals surface area contributed by atoms with Crippen molar-refractivity contribution in [2.45, 2.75) is 32.9 Å². The van der Waals surface area contributed by atoms with Crippen molar-refractivity contribution in [2.75, 3.05) is 25.5 Å². The van der Waals surface area contributed by atoms with Crippen molar-refractivity contribution in [1.29, 1.82) is 0 Å². The van der Waals surface area contributed by atoms with Crippen molar-refractivity contribution in [3.63, 3.8) is 0 Å². The summed E-state index contributed by atoms with van der Waals surface area (Å²) in [6.45, 7) is 4.83. The fourth-order valence-corrected chi connectivity index (χ4v) is 3.20. The fourth-order valence-electron chi connectivity index (χ4n) is 3.20. The number of carbonyl (C=O) groups is 1. The third-order valence-electron chi connectivity index (χ3n) is 4.40. The standard InChI is InChI=1S/C19H25N3O3/c1-14-5-3-7-18(20-14)21-19(23)15-6-4-10-22(11-15)12-16-8-9-17(25-16)13-24-2/h3,5,7-9,15H,4,6,10-13H2,1-2H3,(H,20,21,23)/t15-/m1/s1. The molecule has 1 N–H and O–H groups in total. The zero-order valence-corrected chi connectivity index (χ0v) is 14.8. The average molecular weight is 343 g/mol. The summed E-state index contributed by atoms with van der Waals surface area (Å²) < 4.78 is 10.8. The van der Waals surface area contributed by atoms with Crippen LogP contribution < -0.4 is 5.32 Å². The lowest BCUT2D eigenvalue weighted by Crippen LogP contribution is -2.40. The molecule has 2 aromatic heterocycles. The molecule has 134 valence electrons. The van der Waals surface area contributed by atoms with E-state index in [0.29, 0.717) is 12.4 Å². The van der Waals surface area contributed by atoms with Crippen LogP contribution in [0.25, 0.3) is 0 Å². The molecule has 1 atom stereocenters. The van der Waals surface area contributed by atoms with Crippen LogP contribution in [0.15, 0.2) is 34.7 Å². The normalized spacial score (nSPS) is 18.2. The Morgan fingerprint density at radius 1 is 1.36 bits per heavy atom. The zero-order valence-electron chi connectivity index (χ0n) is 14.8. The van der Waals surface area contributed by atoms with Gasteiger partial charge < -0.3 is 14.5 Å². The smallest absolute Gasteiger partial charge is 0.229 e. The molecule has 25 heavy (non-hydrogen) atoms. The number of ether oxygens (including phenoxy) is 1. The van der Waals surface area contributed by atoms with E-state index in [9.17, 15) is 4.79 Å². The molecular weight excluding hydrogens is 318 g/mol. The van der Waals surface area contributed by atoms with Gasteiger partial charge in [0.05, 0.1) is 12.5 Å². The SMILES string of the molecule is COCc1ccc(CN2CCC[C@@H](C(=O)Nc3cccc(C)n3)C2)o1. The summed E-state index contributed by atoms with van der Waals surface area (Å²) in [6, 6.07) is 9.57. The summed E-state index contributed by atoms with van der Waals surface area (Å²) in [5.41, 5.74) is 0.896. The quantitative estimate of drug-likeness (QED) is 0.873. The van der Waals surface area contributed by atoms with Crippen LogP contribution in [0.3, 0.4) is 0 Å². The molecule has 0 radical (unpaired) electrons. The Morgan fingerprint density at radius 2 is 2.20 bits per heavy atom. The van der Waals surface area contributed by atoms with Crippen molar-refractivity contribution < 1.29 is 13.9 Å². The molecule has 0 bridgehead atoms. The van der Waals surface area contributed by atoms with Gasteiger partial charge in [0.15, 0.2) is 0 Å². The molecule has 0 saturated carbocycles. The van der Waals surface area contributed by atoms with E-state index >= 15 is 0 Å². The second kappa shape index (κ2) is 8.27. The summed E-state index contributed by atoms with van der Waals surface area (Å²) in [7, 11) is 1.65. The molecule has 6 nitrogen and oxygen atoms in total. The number of piperidine rings is 1. The van der Waals surface area contributed by atoms with Crippen LogP contribution in [0.5, 0.6) is 0 Å². The van der Waals surface area contributed by atoms with Gasteiger partial charge in [-0.2, -0.15) is 0 Å². The summed E-state index contributed by atoms with van der Waals surface area (Å²) in [5, 5.41) is 2.94. The first-order chi connectivity index (χ1) is 12.1. The molecule has 1 amide bonds. The van der Waals surface area contributed by atoms with Gasteiger partial charge in [-0.15, -0.1) is 0 Å². The number of nitrogens with one attached hydrogen (secondary N) is 1. The molecular formula is C19H25N3O3. The number of rotatable bonds is 6. The first-order valence-electron chi connectivity index (χ1n) is 8.67. The lowest BCUT2D eigenvalue weighted by atomic mass is 9.97. The summed E-state index contributed by atoms with van der Waals surface area (Å²) in [4.78, 5) is 19.2. The first kappa shape index (κ1) is 17.6. The molecule has 0 aliphatic carbocycles. The predicted octanol–water partition coefficient (Wildman–Crippen LogP) is 2.98. The molecule has 3 heterocycles. The molecule has 1 saturated heterocycles. The summed E-state index contributed by atoms with van der Waals surface area (Å²) in [6.07, 6.45) is 1.91. The number of carbonyl (C=O) groups excluding carboxylic acids is 1. The van der Waals surface area contributed by atoms with Crippen molar-refractivity contribution in [2.24, 2.45) is 5.92 Å². The Labute approximate surface area is 148 Å². The Hall–Kier alpha value is -2.18. The van der Waals surface area contributed by atoms with Gasteiger partial charge in [0, 0.05) is 19.3 Å². The molecule has 0 aromatic carbocycles. The van der Waals surface area contributed by atoms with Crippen LogP contribution >= 0.6 is 0 Å². The minimum atomic E-state index is -0.0236. The van der Waals surface area contributed by atoms with E-state index in [0.717, 1.165) is 49.7 Å². The van der Waals surface area contributed by atoms with E-state index in [4.69, 9.17) is 9.15 Å². The van der Waals surface area contributed by atoms with Gasteiger partial charge in [0.1, 0.15) is 23.9 Å². The number of nitrogens with zero attached hydrogens (tertiary/aromatic N) is 2. The van der Waals surface area contributed by atoms with E-state index in [-0.39, 0.29) is 11.8 Å². The van der Waals surface area contributed by atoms with Crippen LogP contribution in [0, 0.1) is 12.8 Å². The number of aryl methyl sites for hydroxylation is 1. The number of hydrogen-bond acceptors (Lipinski definition) is 5. The second-order valence-electron chi connectivity index (χ2n) is 6.53. The number of pyridine rings is 1. The van der Waals surface area contributed by atoms with E-state index in [1.807, 2.05) is 37.3 Å². The highest BCUT2D eigenvalue weighted by Gasteiger charge is 2.26. The van der Waals surface area contributed by atoms with Gasteiger partial charge in [-0.05, 0) is 50.6 Å². The molecule has 1 aliphatic rings. The largest absolute Gasteiger partial charge is 0.462 e. The van der Waals surface area contributed by atoms with Crippen molar-refractivity contribution >= 4 is 11.7 Å². The molecule has 0 spiro atoms. The number of furan rings is 1. The lowest BCUT2D eigenvalue weighted by Gasteiger charge is -2.31. The van der Waals surface area contributed by atoms with E-state index in [2.05, 4.69) is 15.2 Å². The molecule has 0 unspecified atom stereocenters. The number of anilines is 1. The maximum atomic E-state index is 12.5. The summed E-state index contributed by atoms with van der Waals surface area (Å²) >= 11 is 0. The molecule has 6 heteroatoms. The lowest BCUT2D eigenvalue weighted by molar-refractivity contribution is -0.121. The number of amides is 1. The summed E-state index contributed by atoms with van der Waals surface area (Å²) in [5.74, 6) is 2.38. The number of hydrogen-bond donors (Lipinski definition) is 1. The van der Waals surface area contributed by atoms with Gasteiger partial charge in [-0.1, -0.05) is 6.07 Å². The van der Waals surface area contributed by atoms with Crippen LogP contribution in [0.4, 0.5) is 5.82 Å². The predicted molar refractivity (Wildman–Crippen MR) is 95.0 cm³/mol. The topological polar surface area (TPSA) is 67.6 Å². The van der Waals surface area contributed by atoms with E-state index < -0.39 is 0 Å². The van der Waals surface area contributed by atoms with Gasteiger partial charge >= 0.3 is 0 Å². The Kier molecular flexibility index (Phi) is 5.83. The second-order valence-corrected chi connectivity index (χ2v) is 6.53. The first-order valence-corrected chi connectivity index (χ1v) is 8.67. The third-order valence-corrected chi connectivity index (χ3v) is 4.40. The minimum Gasteiger partial charge on any atom is -0.462 e. The number of methoxy groups -OCH3 is 1. The van der Waals surface area contributed by atoms with Gasteiger partial charge in [-0.25, -0.2) is 4.98 Å². The molecule has 1 fully saturated rings. The molecule has 2 aromatic rings. The van der Waals surface area contributed by atoms with Crippen LogP contribution in [0.2, 0.25) is 0 Å². The molecule has 1 aliphatic heterocycles. The highest BCUT2D eigenvalue weighted by Crippen LogP contribution is 2.21. The van der Waals surface area contributed by atoms with Crippen LogP contribution in [-0.2, 0) is 22.7 Å². The zero-order chi connectivity index (χ0) is 17.6. The molecule has 3 rings (SSSR count). The minimum absolute atomic E-state index is 0.0236. The van der Waals surface area contributed by atoms with Gasteiger partial charge in [0.25, 0.3) is 0 Å². The fraction of sp³-hybridized carbons (Fsp3) is 0.474. The maximum absolute atomic E-state index is 12.5. The number of likely N-dealkylation sites (tertiary alicyclic amines) is 1. The third kappa shape index (κ3) is 4.90. The van der Waals surface area contributed by atoms with Crippen LogP contribution in [0.1, 0.15) is 30.1 Å². The maximum Gasteiger partial charge on any atom is 0.229 e. The van der Waals surface area contributed by atoms with E-state index in [1.165, 1.54) is 0 Å². The average Bonchev–Trinajstić information content (AvgIpc) is 3.02. The van der Waals surface area contributed by atoms with Crippen molar-refractivity contribution in [3.8, 4) is 0 Å². The Morgan fingerprint density at radius 3 is 3.00 bits per heavy atom. The number of aromatic nitrogens is 1. The van der Waals surface area contributed by atoms with Crippen LogP contribution in [-0.4, -0.2) is 36.0 Å². The van der Waals surface area contributed by atoms with Crippen molar-refractivity contribution in [3.05, 3.63) is 47.5 Å². The van der Waals surface area contributed by atoms with E-state index in [1.54, 1.807) is 7.11 Å². The van der Waals surface area contributed by atoms with Gasteiger partial charge in [0.2, 0.25) is 5.91 Å². The van der Waals surface area contributed by atoms with Crippen molar-refractivity contribution in [1.82, 2.24) is 9.88 Å². The highest BCUT2D eigenvalue weighted by molar-refractivity contribution is 5.91. The highest BCUT2D eigenvalue weighted by atomic mass is 16.5. The van der Waals surface area contributed by atoms with Gasteiger partial charge in [-0.3, -0.25) is 9.69 Å². The Bertz CT molecular complexity index is 713.